The maximum absolute atomic E-state index is 5.41. The van der Waals surface area contributed by atoms with Crippen LogP contribution in [0.2, 0.25) is 0 Å². The first kappa shape index (κ1) is 12.3. The van der Waals surface area contributed by atoms with Crippen molar-refractivity contribution in [3.05, 3.63) is 24.2 Å². The molecule has 0 fully saturated rings. The molecule has 0 bridgehead atoms. The van der Waals surface area contributed by atoms with Crippen LogP contribution < -0.4 is 5.32 Å². The van der Waals surface area contributed by atoms with E-state index < -0.39 is 0 Å². The fourth-order valence-electron chi connectivity index (χ4n) is 2.17. The molecule has 15 heavy (non-hydrogen) atoms. The summed E-state index contributed by atoms with van der Waals surface area (Å²) < 4.78 is 5.41. The summed E-state index contributed by atoms with van der Waals surface area (Å²) in [7, 11) is 0. The first-order valence-corrected chi connectivity index (χ1v) is 6.07. The highest BCUT2D eigenvalue weighted by molar-refractivity contribution is 5.01. The predicted molar refractivity (Wildman–Crippen MR) is 63.9 cm³/mol. The van der Waals surface area contributed by atoms with E-state index in [0.717, 1.165) is 24.6 Å². The van der Waals surface area contributed by atoms with Crippen molar-refractivity contribution in [2.45, 2.75) is 46.1 Å². The standard InChI is InChI=1S/C13H23NO/c1-4-11(5-2)13(14-6-3)10-12-8-7-9-15-12/h7-9,11,13-14H,4-6,10H2,1-3H3. The van der Waals surface area contributed by atoms with E-state index in [-0.39, 0.29) is 0 Å². The highest BCUT2D eigenvalue weighted by atomic mass is 16.3. The number of likely N-dealkylation sites (N-methyl/N-ethyl adjacent to an activating group) is 1. The maximum Gasteiger partial charge on any atom is 0.105 e. The van der Waals surface area contributed by atoms with Crippen molar-refractivity contribution in [1.29, 1.82) is 0 Å². The second kappa shape index (κ2) is 6.67. The molecule has 1 aromatic heterocycles. The Balaban J connectivity index is 2.56. The Labute approximate surface area is 93.1 Å². The predicted octanol–water partition coefficient (Wildman–Crippen LogP) is 3.24. The number of nitrogens with one attached hydrogen (secondary N) is 1. The average Bonchev–Trinajstić information content (AvgIpc) is 2.72. The highest BCUT2D eigenvalue weighted by Crippen LogP contribution is 2.17. The normalized spacial score (nSPS) is 13.3. The number of furan rings is 1. The van der Waals surface area contributed by atoms with Crippen molar-refractivity contribution in [2.24, 2.45) is 5.92 Å². The van der Waals surface area contributed by atoms with Crippen LogP contribution in [0.1, 0.15) is 39.4 Å². The maximum atomic E-state index is 5.41. The molecule has 0 saturated carbocycles. The quantitative estimate of drug-likeness (QED) is 0.745. The summed E-state index contributed by atoms with van der Waals surface area (Å²) in [6.07, 6.45) is 5.22. The number of rotatable bonds is 7. The lowest BCUT2D eigenvalue weighted by Crippen LogP contribution is -2.37. The molecule has 0 aliphatic heterocycles. The zero-order valence-corrected chi connectivity index (χ0v) is 10.1. The fraction of sp³-hybridized carbons (Fsp3) is 0.692. The van der Waals surface area contributed by atoms with Gasteiger partial charge < -0.3 is 9.73 Å². The van der Waals surface area contributed by atoms with Gasteiger partial charge in [0, 0.05) is 12.5 Å². The van der Waals surface area contributed by atoms with Crippen molar-refractivity contribution in [2.75, 3.05) is 6.54 Å². The SMILES string of the molecule is CCNC(Cc1ccco1)C(CC)CC. The zero-order valence-electron chi connectivity index (χ0n) is 10.1. The first-order valence-electron chi connectivity index (χ1n) is 6.07. The van der Waals surface area contributed by atoms with Gasteiger partial charge in [-0.15, -0.1) is 0 Å². The van der Waals surface area contributed by atoms with Crippen molar-refractivity contribution in [1.82, 2.24) is 5.32 Å². The van der Waals surface area contributed by atoms with Gasteiger partial charge in [-0.1, -0.05) is 33.6 Å². The van der Waals surface area contributed by atoms with E-state index in [1.807, 2.05) is 6.07 Å². The van der Waals surface area contributed by atoms with E-state index in [9.17, 15) is 0 Å². The van der Waals surface area contributed by atoms with Crippen molar-refractivity contribution < 1.29 is 4.42 Å². The van der Waals surface area contributed by atoms with E-state index in [0.29, 0.717) is 6.04 Å². The van der Waals surface area contributed by atoms with Crippen LogP contribution >= 0.6 is 0 Å². The smallest absolute Gasteiger partial charge is 0.105 e. The van der Waals surface area contributed by atoms with Crippen LogP contribution in [0.5, 0.6) is 0 Å². The van der Waals surface area contributed by atoms with Gasteiger partial charge in [-0.05, 0) is 24.6 Å². The second-order valence-corrected chi connectivity index (χ2v) is 4.02. The molecule has 1 aromatic rings. The summed E-state index contributed by atoms with van der Waals surface area (Å²) in [6, 6.07) is 4.58. The van der Waals surface area contributed by atoms with Crippen LogP contribution in [0.25, 0.3) is 0 Å². The largest absolute Gasteiger partial charge is 0.469 e. The molecule has 1 atom stereocenters. The monoisotopic (exact) mass is 209 g/mol. The molecule has 1 rings (SSSR count). The third-order valence-corrected chi connectivity index (χ3v) is 3.09. The summed E-state index contributed by atoms with van der Waals surface area (Å²) in [6.45, 7) is 7.72. The Morgan fingerprint density at radius 2 is 2.00 bits per heavy atom. The van der Waals surface area contributed by atoms with Gasteiger partial charge in [0.2, 0.25) is 0 Å². The molecule has 0 aliphatic carbocycles. The number of hydrogen-bond donors (Lipinski definition) is 1. The average molecular weight is 209 g/mol. The third-order valence-electron chi connectivity index (χ3n) is 3.09. The van der Waals surface area contributed by atoms with Gasteiger partial charge in [0.15, 0.2) is 0 Å². The lowest BCUT2D eigenvalue weighted by molar-refractivity contribution is 0.319. The molecule has 86 valence electrons. The second-order valence-electron chi connectivity index (χ2n) is 4.02. The molecule has 2 heteroatoms. The van der Waals surface area contributed by atoms with Gasteiger partial charge in [-0.2, -0.15) is 0 Å². The Kier molecular flexibility index (Phi) is 5.48. The van der Waals surface area contributed by atoms with Gasteiger partial charge in [-0.3, -0.25) is 0 Å². The molecule has 0 saturated heterocycles. The lowest BCUT2D eigenvalue weighted by atomic mass is 9.91. The molecule has 0 radical (unpaired) electrons. The molecule has 0 amide bonds. The third kappa shape index (κ3) is 3.71. The van der Waals surface area contributed by atoms with Crippen molar-refractivity contribution in [3.8, 4) is 0 Å². The van der Waals surface area contributed by atoms with Crippen LogP contribution in [0.4, 0.5) is 0 Å². The first-order chi connectivity index (χ1) is 7.31. The molecule has 1 N–H and O–H groups in total. The topological polar surface area (TPSA) is 25.2 Å². The summed E-state index contributed by atoms with van der Waals surface area (Å²) in [5, 5.41) is 3.56. The van der Waals surface area contributed by atoms with Crippen molar-refractivity contribution in [3.63, 3.8) is 0 Å². The summed E-state index contributed by atoms with van der Waals surface area (Å²) in [5.41, 5.74) is 0. The molecule has 1 heterocycles. The minimum absolute atomic E-state index is 0.552. The molecular weight excluding hydrogens is 186 g/mol. The van der Waals surface area contributed by atoms with Gasteiger partial charge >= 0.3 is 0 Å². The Morgan fingerprint density at radius 3 is 2.47 bits per heavy atom. The van der Waals surface area contributed by atoms with Crippen LogP contribution in [0, 0.1) is 5.92 Å². The van der Waals surface area contributed by atoms with E-state index in [1.165, 1.54) is 12.8 Å². The molecule has 0 spiro atoms. The fourth-order valence-corrected chi connectivity index (χ4v) is 2.17. The van der Waals surface area contributed by atoms with Crippen molar-refractivity contribution >= 4 is 0 Å². The van der Waals surface area contributed by atoms with E-state index in [4.69, 9.17) is 4.42 Å². The van der Waals surface area contributed by atoms with Crippen LogP contribution in [-0.2, 0) is 6.42 Å². The summed E-state index contributed by atoms with van der Waals surface area (Å²) in [4.78, 5) is 0. The number of hydrogen-bond acceptors (Lipinski definition) is 2. The van der Waals surface area contributed by atoms with Crippen LogP contribution in [-0.4, -0.2) is 12.6 Å². The zero-order chi connectivity index (χ0) is 11.1. The van der Waals surface area contributed by atoms with Gasteiger partial charge in [0.05, 0.1) is 6.26 Å². The van der Waals surface area contributed by atoms with E-state index in [1.54, 1.807) is 6.26 Å². The lowest BCUT2D eigenvalue weighted by Gasteiger charge is -2.25. The minimum atomic E-state index is 0.552. The summed E-state index contributed by atoms with van der Waals surface area (Å²) in [5.74, 6) is 1.84. The van der Waals surface area contributed by atoms with Gasteiger partial charge in [-0.25, -0.2) is 0 Å². The Hall–Kier alpha value is -0.760. The molecule has 2 nitrogen and oxygen atoms in total. The molecular formula is C13H23NO. The van der Waals surface area contributed by atoms with Crippen LogP contribution in [0.15, 0.2) is 22.8 Å². The Bertz CT molecular complexity index is 239. The van der Waals surface area contributed by atoms with Gasteiger partial charge in [0.25, 0.3) is 0 Å². The van der Waals surface area contributed by atoms with Gasteiger partial charge in [0.1, 0.15) is 5.76 Å². The van der Waals surface area contributed by atoms with E-state index in [2.05, 4.69) is 32.2 Å². The molecule has 0 aromatic carbocycles. The minimum Gasteiger partial charge on any atom is -0.469 e. The Morgan fingerprint density at radius 1 is 1.27 bits per heavy atom. The highest BCUT2D eigenvalue weighted by Gasteiger charge is 2.18. The summed E-state index contributed by atoms with van der Waals surface area (Å²) >= 11 is 0. The van der Waals surface area contributed by atoms with Crippen LogP contribution in [0.3, 0.4) is 0 Å². The molecule has 0 aliphatic rings. The molecule has 1 unspecified atom stereocenters. The van der Waals surface area contributed by atoms with E-state index >= 15 is 0 Å².